The van der Waals surface area contributed by atoms with Gasteiger partial charge in [0, 0.05) is 18.8 Å². The zero-order chi connectivity index (χ0) is 17.1. The van der Waals surface area contributed by atoms with Crippen LogP contribution >= 0.6 is 0 Å². The van der Waals surface area contributed by atoms with Gasteiger partial charge in [-0.3, -0.25) is 9.59 Å². The van der Waals surface area contributed by atoms with Crippen molar-refractivity contribution in [3.05, 3.63) is 23.8 Å². The molecule has 3 nitrogen and oxygen atoms in total. The summed E-state index contributed by atoms with van der Waals surface area (Å²) < 4.78 is 5.43. The SMILES string of the molecule is CC(=O)O[C@H]1C=C2C=C[C@@H]3[C@H](CC[C@]4(C)C(=O)CC[C@@H]34)[C@@]2(C)CC1. The van der Waals surface area contributed by atoms with Gasteiger partial charge < -0.3 is 4.74 Å². The lowest BCUT2D eigenvalue weighted by molar-refractivity contribution is -0.145. The topological polar surface area (TPSA) is 43.4 Å². The Morgan fingerprint density at radius 2 is 1.83 bits per heavy atom. The van der Waals surface area contributed by atoms with E-state index in [4.69, 9.17) is 4.74 Å². The molecule has 0 aliphatic heterocycles. The molecule has 4 aliphatic rings. The van der Waals surface area contributed by atoms with Crippen molar-refractivity contribution >= 4 is 11.8 Å². The van der Waals surface area contributed by atoms with Gasteiger partial charge in [0.25, 0.3) is 0 Å². The molecule has 0 aromatic heterocycles. The number of rotatable bonds is 1. The number of esters is 1. The highest BCUT2D eigenvalue weighted by atomic mass is 16.5. The maximum Gasteiger partial charge on any atom is 0.303 e. The van der Waals surface area contributed by atoms with Gasteiger partial charge in [-0.2, -0.15) is 0 Å². The molecule has 2 fully saturated rings. The first-order valence-electron chi connectivity index (χ1n) is 9.45. The van der Waals surface area contributed by atoms with Gasteiger partial charge in [-0.15, -0.1) is 0 Å². The van der Waals surface area contributed by atoms with Gasteiger partial charge in [-0.25, -0.2) is 0 Å². The second-order valence-corrected chi connectivity index (χ2v) is 8.79. The summed E-state index contributed by atoms with van der Waals surface area (Å²) >= 11 is 0. The first kappa shape index (κ1) is 16.1. The number of Topliss-reactive ketones (excluding diaryl/α,β-unsaturated/α-hetero) is 1. The smallest absolute Gasteiger partial charge is 0.303 e. The van der Waals surface area contributed by atoms with E-state index in [1.807, 2.05) is 0 Å². The van der Waals surface area contributed by atoms with Gasteiger partial charge in [-0.05, 0) is 66.9 Å². The Balaban J connectivity index is 1.67. The molecule has 2 saturated carbocycles. The fraction of sp³-hybridized carbons (Fsp3) is 0.714. The van der Waals surface area contributed by atoms with Crippen LogP contribution in [0.15, 0.2) is 23.8 Å². The molecule has 0 radical (unpaired) electrons. The molecule has 0 N–H and O–H groups in total. The van der Waals surface area contributed by atoms with Crippen molar-refractivity contribution in [3.63, 3.8) is 0 Å². The average Bonchev–Trinajstić information content (AvgIpc) is 2.83. The average molecular weight is 328 g/mol. The van der Waals surface area contributed by atoms with Crippen LogP contribution in [-0.4, -0.2) is 17.9 Å². The molecule has 0 amide bonds. The standard InChI is InChI=1S/C21H28O3/c1-13(22)24-15-8-10-20(2)14(12-15)4-5-16-17-6-7-19(23)21(17,3)11-9-18(16)20/h4-5,12,15-18H,6-11H2,1-3H3/t15-,16+,17+,18+,20+,21+/m1/s1. The largest absolute Gasteiger partial charge is 0.458 e. The quantitative estimate of drug-likeness (QED) is 0.677. The predicted molar refractivity (Wildman–Crippen MR) is 92.2 cm³/mol. The molecule has 4 rings (SSSR count). The van der Waals surface area contributed by atoms with Crippen LogP contribution in [0, 0.1) is 28.6 Å². The van der Waals surface area contributed by atoms with Crippen LogP contribution in [0.5, 0.6) is 0 Å². The van der Waals surface area contributed by atoms with Crippen molar-refractivity contribution in [1.82, 2.24) is 0 Å². The Bertz CT molecular complexity index is 645. The molecule has 130 valence electrons. The van der Waals surface area contributed by atoms with E-state index in [0.29, 0.717) is 23.5 Å². The summed E-state index contributed by atoms with van der Waals surface area (Å²) in [6, 6.07) is 0. The van der Waals surface area contributed by atoms with Crippen molar-refractivity contribution in [2.45, 2.75) is 65.4 Å². The third-order valence-electron chi connectivity index (χ3n) is 7.65. The first-order valence-corrected chi connectivity index (χ1v) is 9.45. The molecule has 0 aromatic rings. The molecular weight excluding hydrogens is 300 g/mol. The Morgan fingerprint density at radius 3 is 2.58 bits per heavy atom. The number of ketones is 1. The predicted octanol–water partition coefficient (Wildman–Crippen LogP) is 4.23. The number of ether oxygens (including phenoxy) is 1. The van der Waals surface area contributed by atoms with E-state index >= 15 is 0 Å². The lowest BCUT2D eigenvalue weighted by Gasteiger charge is -2.55. The van der Waals surface area contributed by atoms with Crippen molar-refractivity contribution < 1.29 is 14.3 Å². The van der Waals surface area contributed by atoms with Crippen LogP contribution in [0.25, 0.3) is 0 Å². The molecule has 0 unspecified atom stereocenters. The Morgan fingerprint density at radius 1 is 1.12 bits per heavy atom. The van der Waals surface area contributed by atoms with E-state index in [2.05, 4.69) is 32.1 Å². The third kappa shape index (κ3) is 2.16. The van der Waals surface area contributed by atoms with Gasteiger partial charge in [0.05, 0.1) is 0 Å². The Labute approximate surface area is 144 Å². The van der Waals surface area contributed by atoms with Crippen LogP contribution < -0.4 is 0 Å². The summed E-state index contributed by atoms with van der Waals surface area (Å²) in [5.41, 5.74) is 1.43. The molecule has 4 aliphatic carbocycles. The van der Waals surface area contributed by atoms with Gasteiger partial charge >= 0.3 is 5.97 Å². The molecular formula is C21H28O3. The molecule has 3 heteroatoms. The van der Waals surface area contributed by atoms with Crippen LogP contribution in [0.3, 0.4) is 0 Å². The highest BCUT2D eigenvalue weighted by Crippen LogP contribution is 2.62. The van der Waals surface area contributed by atoms with Crippen molar-refractivity contribution in [1.29, 1.82) is 0 Å². The van der Waals surface area contributed by atoms with E-state index in [1.54, 1.807) is 0 Å². The van der Waals surface area contributed by atoms with Crippen LogP contribution in [0.4, 0.5) is 0 Å². The van der Waals surface area contributed by atoms with Crippen molar-refractivity contribution in [2.24, 2.45) is 28.6 Å². The van der Waals surface area contributed by atoms with Crippen molar-refractivity contribution in [3.8, 4) is 0 Å². The molecule has 24 heavy (non-hydrogen) atoms. The second-order valence-electron chi connectivity index (χ2n) is 8.79. The molecule has 0 saturated heterocycles. The highest BCUT2D eigenvalue weighted by Gasteiger charge is 2.57. The van der Waals surface area contributed by atoms with E-state index < -0.39 is 0 Å². The number of carbonyl (C=O) groups is 2. The highest BCUT2D eigenvalue weighted by molar-refractivity contribution is 5.87. The van der Waals surface area contributed by atoms with Gasteiger partial charge in [0.2, 0.25) is 0 Å². The first-order chi connectivity index (χ1) is 11.3. The zero-order valence-corrected chi connectivity index (χ0v) is 15.0. The summed E-state index contributed by atoms with van der Waals surface area (Å²) in [6.45, 7) is 6.09. The van der Waals surface area contributed by atoms with Gasteiger partial charge in [0.15, 0.2) is 0 Å². The number of carbonyl (C=O) groups excluding carboxylic acids is 2. The molecule has 0 heterocycles. The minimum atomic E-state index is -0.198. The number of hydrogen-bond donors (Lipinski definition) is 0. The number of allylic oxidation sites excluding steroid dienone is 3. The molecule has 0 spiro atoms. The normalized spacial score (nSPS) is 46.6. The fourth-order valence-electron chi connectivity index (χ4n) is 6.21. The summed E-state index contributed by atoms with van der Waals surface area (Å²) in [7, 11) is 0. The van der Waals surface area contributed by atoms with E-state index in [9.17, 15) is 9.59 Å². The maximum absolute atomic E-state index is 12.4. The maximum atomic E-state index is 12.4. The lowest BCUT2D eigenvalue weighted by atomic mass is 9.49. The Kier molecular flexibility index (Phi) is 3.56. The molecule has 6 atom stereocenters. The van der Waals surface area contributed by atoms with Gasteiger partial charge in [-0.1, -0.05) is 26.0 Å². The lowest BCUT2D eigenvalue weighted by Crippen LogP contribution is -2.49. The minimum absolute atomic E-state index is 0.0753. The van der Waals surface area contributed by atoms with E-state index in [1.165, 1.54) is 12.5 Å². The van der Waals surface area contributed by atoms with Crippen LogP contribution in [0.2, 0.25) is 0 Å². The second kappa shape index (κ2) is 5.31. The summed E-state index contributed by atoms with van der Waals surface area (Å²) in [6.07, 6.45) is 12.7. The molecule has 0 aromatic carbocycles. The number of hydrogen-bond acceptors (Lipinski definition) is 3. The summed E-state index contributed by atoms with van der Waals surface area (Å²) in [4.78, 5) is 23.7. The van der Waals surface area contributed by atoms with E-state index in [0.717, 1.165) is 38.5 Å². The van der Waals surface area contributed by atoms with Crippen LogP contribution in [0.1, 0.15) is 59.3 Å². The monoisotopic (exact) mass is 328 g/mol. The van der Waals surface area contributed by atoms with Crippen molar-refractivity contribution in [2.75, 3.05) is 0 Å². The van der Waals surface area contributed by atoms with Gasteiger partial charge in [0.1, 0.15) is 11.9 Å². The minimum Gasteiger partial charge on any atom is -0.458 e. The zero-order valence-electron chi connectivity index (χ0n) is 15.0. The van der Waals surface area contributed by atoms with E-state index in [-0.39, 0.29) is 22.9 Å². The number of fused-ring (bicyclic) bond motifs is 5. The third-order valence-corrected chi connectivity index (χ3v) is 7.65. The fourth-order valence-corrected chi connectivity index (χ4v) is 6.21. The summed E-state index contributed by atoms with van der Waals surface area (Å²) in [5.74, 6) is 1.96. The molecule has 0 bridgehead atoms. The Hall–Kier alpha value is -1.38. The summed E-state index contributed by atoms with van der Waals surface area (Å²) in [5, 5.41) is 0. The van der Waals surface area contributed by atoms with Crippen LogP contribution in [-0.2, 0) is 14.3 Å².